The van der Waals surface area contributed by atoms with Gasteiger partial charge in [0.25, 0.3) is 0 Å². The third-order valence-corrected chi connectivity index (χ3v) is 7.56. The van der Waals surface area contributed by atoms with E-state index in [1.807, 2.05) is 140 Å². The van der Waals surface area contributed by atoms with Crippen molar-refractivity contribution in [1.29, 1.82) is 0 Å². The lowest BCUT2D eigenvalue weighted by Crippen LogP contribution is -2.09. The van der Waals surface area contributed by atoms with Gasteiger partial charge in [-0.1, -0.05) is 18.2 Å². The molecule has 0 fully saturated rings. The molecule has 0 aliphatic carbocycles. The van der Waals surface area contributed by atoms with Crippen LogP contribution in [-0.4, -0.2) is 50.1 Å². The molecule has 6 nitrogen and oxygen atoms in total. The molecule has 0 amide bonds. The molecule has 0 aliphatic heterocycles. The Balaban J connectivity index is 1.36. The van der Waals surface area contributed by atoms with Crippen molar-refractivity contribution in [2.75, 3.05) is 38.0 Å². The van der Waals surface area contributed by atoms with E-state index in [1.165, 1.54) is 0 Å². The number of benzene rings is 4. The second kappa shape index (κ2) is 11.9. The van der Waals surface area contributed by atoms with Gasteiger partial charge in [-0.2, -0.15) is 0 Å². The lowest BCUT2D eigenvalue weighted by molar-refractivity contribution is 0.0985. The van der Waals surface area contributed by atoms with E-state index in [9.17, 15) is 14.4 Å². The fourth-order valence-electron chi connectivity index (χ4n) is 5.14. The van der Waals surface area contributed by atoms with E-state index in [1.54, 1.807) is 6.92 Å². The topological polar surface area (TPSA) is 62.6 Å². The number of hydrogen-bond donors (Lipinski definition) is 0. The molecule has 0 bridgehead atoms. The third-order valence-electron chi connectivity index (χ3n) is 7.56. The molecular formula is C36H35N3O3. The largest absolute Gasteiger partial charge is 0.378 e. The summed E-state index contributed by atoms with van der Waals surface area (Å²) in [4.78, 5) is 42.5. The van der Waals surface area contributed by atoms with E-state index in [4.69, 9.17) is 0 Å². The van der Waals surface area contributed by atoms with Gasteiger partial charge in [-0.3, -0.25) is 14.4 Å². The first kappa shape index (κ1) is 28.6. The van der Waals surface area contributed by atoms with Crippen LogP contribution < -0.4 is 9.80 Å². The Morgan fingerprint density at radius 2 is 1.07 bits per heavy atom. The Morgan fingerprint density at radius 3 is 1.55 bits per heavy atom. The predicted octanol–water partition coefficient (Wildman–Crippen LogP) is 6.82. The molecule has 0 radical (unpaired) electrons. The molecule has 42 heavy (non-hydrogen) atoms. The third kappa shape index (κ3) is 6.03. The molecule has 0 saturated carbocycles. The number of anilines is 2. The average molecular weight is 558 g/mol. The van der Waals surface area contributed by atoms with Crippen LogP contribution in [0.3, 0.4) is 0 Å². The summed E-state index contributed by atoms with van der Waals surface area (Å²) in [6.07, 6.45) is 0.571. The smallest absolute Gasteiger partial charge is 0.176 e. The maximum Gasteiger partial charge on any atom is 0.176 e. The quantitative estimate of drug-likeness (QED) is 0.176. The number of ketones is 3. The first-order chi connectivity index (χ1) is 20.1. The van der Waals surface area contributed by atoms with Gasteiger partial charge in [-0.05, 0) is 90.0 Å². The molecule has 0 aliphatic rings. The Bertz CT molecular complexity index is 1760. The summed E-state index contributed by atoms with van der Waals surface area (Å²) in [5, 5.41) is 0.897. The summed E-state index contributed by atoms with van der Waals surface area (Å²) >= 11 is 0. The van der Waals surface area contributed by atoms with Gasteiger partial charge in [-0.15, -0.1) is 0 Å². The van der Waals surface area contributed by atoms with Crippen LogP contribution in [0.1, 0.15) is 49.3 Å². The minimum absolute atomic E-state index is 0.0460. The van der Waals surface area contributed by atoms with Crippen molar-refractivity contribution in [2.24, 2.45) is 0 Å². The molecule has 0 N–H and O–H groups in total. The summed E-state index contributed by atoms with van der Waals surface area (Å²) in [7, 11) is 7.87. The highest BCUT2D eigenvalue weighted by Crippen LogP contribution is 2.27. The minimum Gasteiger partial charge on any atom is -0.378 e. The number of carbonyl (C=O) groups excluding carboxylic acids is 3. The summed E-state index contributed by atoms with van der Waals surface area (Å²) < 4.78 is 1.94. The van der Waals surface area contributed by atoms with Crippen molar-refractivity contribution in [2.45, 2.75) is 19.8 Å². The van der Waals surface area contributed by atoms with Gasteiger partial charge in [0.15, 0.2) is 17.3 Å². The SMILES string of the molecule is CC(=O)c1cc2cc(CC(=O)c3ccc(N(C)C)cc3)ccc2n1-c1ccc(CC(=O)c2ccc(N(C)C)cc2)cc1. The molecule has 1 heterocycles. The highest BCUT2D eigenvalue weighted by Gasteiger charge is 2.16. The molecule has 212 valence electrons. The van der Waals surface area contributed by atoms with Crippen molar-refractivity contribution in [3.8, 4) is 5.69 Å². The second-order valence-electron chi connectivity index (χ2n) is 11.1. The van der Waals surface area contributed by atoms with E-state index in [0.717, 1.165) is 39.1 Å². The molecule has 0 unspecified atom stereocenters. The average Bonchev–Trinajstić information content (AvgIpc) is 3.37. The highest BCUT2D eigenvalue weighted by atomic mass is 16.1. The first-order valence-corrected chi connectivity index (χ1v) is 14.0. The summed E-state index contributed by atoms with van der Waals surface area (Å²) in [6.45, 7) is 1.56. The lowest BCUT2D eigenvalue weighted by Gasteiger charge is -2.13. The van der Waals surface area contributed by atoms with E-state index >= 15 is 0 Å². The number of fused-ring (bicyclic) bond motifs is 1. The molecule has 4 aromatic carbocycles. The van der Waals surface area contributed by atoms with Crippen LogP contribution in [0.2, 0.25) is 0 Å². The van der Waals surface area contributed by atoms with Crippen molar-refractivity contribution in [3.05, 3.63) is 125 Å². The van der Waals surface area contributed by atoms with E-state index in [0.29, 0.717) is 23.2 Å². The summed E-state index contributed by atoms with van der Waals surface area (Å²) in [5.41, 5.74) is 7.53. The monoisotopic (exact) mass is 557 g/mol. The van der Waals surface area contributed by atoms with E-state index < -0.39 is 0 Å². The van der Waals surface area contributed by atoms with Crippen LogP contribution in [0.25, 0.3) is 16.6 Å². The Kier molecular flexibility index (Phi) is 8.07. The van der Waals surface area contributed by atoms with Gasteiger partial charge >= 0.3 is 0 Å². The number of nitrogens with zero attached hydrogens (tertiary/aromatic N) is 3. The van der Waals surface area contributed by atoms with Gasteiger partial charge in [0.1, 0.15) is 0 Å². The number of Topliss-reactive ketones (excluding diaryl/α,β-unsaturated/α-hetero) is 3. The molecular weight excluding hydrogens is 522 g/mol. The Morgan fingerprint density at radius 1 is 0.595 bits per heavy atom. The van der Waals surface area contributed by atoms with Crippen LogP contribution >= 0.6 is 0 Å². The number of hydrogen-bond acceptors (Lipinski definition) is 5. The molecule has 5 rings (SSSR count). The lowest BCUT2D eigenvalue weighted by atomic mass is 10.0. The molecule has 6 heteroatoms. The number of carbonyl (C=O) groups is 3. The zero-order valence-electron chi connectivity index (χ0n) is 24.7. The zero-order valence-corrected chi connectivity index (χ0v) is 24.7. The van der Waals surface area contributed by atoms with E-state index in [2.05, 4.69) is 0 Å². The predicted molar refractivity (Wildman–Crippen MR) is 171 cm³/mol. The van der Waals surface area contributed by atoms with E-state index in [-0.39, 0.29) is 23.8 Å². The van der Waals surface area contributed by atoms with Gasteiger partial charge < -0.3 is 14.4 Å². The standard InChI is InChI=1S/C36H35N3O3/c1-24(40)34-23-29-20-26(22-36(42)28-11-17-31(18-12-28)38(4)5)8-19-33(29)39(34)32-13-6-25(7-14-32)21-35(41)27-9-15-30(16-10-27)37(2)3/h6-20,23H,21-22H2,1-5H3. The number of rotatable bonds is 10. The Labute approximate surface area is 246 Å². The van der Waals surface area contributed by atoms with Crippen molar-refractivity contribution in [3.63, 3.8) is 0 Å². The minimum atomic E-state index is -0.0507. The number of aromatic nitrogens is 1. The van der Waals surface area contributed by atoms with Crippen LogP contribution in [0.4, 0.5) is 11.4 Å². The zero-order chi connectivity index (χ0) is 30.0. The summed E-state index contributed by atoms with van der Waals surface area (Å²) in [6, 6.07) is 30.8. The second-order valence-corrected chi connectivity index (χ2v) is 11.1. The van der Waals surface area contributed by atoms with Crippen molar-refractivity contribution in [1.82, 2.24) is 4.57 Å². The van der Waals surface area contributed by atoms with Crippen LogP contribution in [-0.2, 0) is 12.8 Å². The molecule has 0 saturated heterocycles. The normalized spacial score (nSPS) is 11.0. The molecule has 0 spiro atoms. The molecule has 5 aromatic rings. The van der Waals surface area contributed by atoms with Crippen LogP contribution in [0, 0.1) is 0 Å². The molecule has 1 aromatic heterocycles. The fourth-order valence-corrected chi connectivity index (χ4v) is 5.14. The fraction of sp³-hybridized carbons (Fsp3) is 0.194. The van der Waals surface area contributed by atoms with Crippen LogP contribution in [0.5, 0.6) is 0 Å². The maximum atomic E-state index is 13.0. The molecule has 0 atom stereocenters. The Hall–Kier alpha value is -4.97. The van der Waals surface area contributed by atoms with Gasteiger partial charge in [0.2, 0.25) is 0 Å². The van der Waals surface area contributed by atoms with Gasteiger partial charge in [-0.25, -0.2) is 0 Å². The van der Waals surface area contributed by atoms with Crippen LogP contribution in [0.15, 0.2) is 97.1 Å². The van der Waals surface area contributed by atoms with Crippen molar-refractivity contribution >= 4 is 39.6 Å². The van der Waals surface area contributed by atoms with Gasteiger partial charge in [0.05, 0.1) is 11.2 Å². The summed E-state index contributed by atoms with van der Waals surface area (Å²) in [5.74, 6) is 0.0505. The van der Waals surface area contributed by atoms with Gasteiger partial charge in [0, 0.05) is 81.5 Å². The first-order valence-electron chi connectivity index (χ1n) is 14.0. The maximum absolute atomic E-state index is 13.0. The highest BCUT2D eigenvalue weighted by molar-refractivity contribution is 6.01. The van der Waals surface area contributed by atoms with Crippen molar-refractivity contribution < 1.29 is 14.4 Å².